The number of hydrogen-bond donors (Lipinski definition) is 1. The number of ether oxygens (including phenoxy) is 1. The lowest BCUT2D eigenvalue weighted by Gasteiger charge is -2.28. The molecule has 0 fully saturated rings. The smallest absolute Gasteiger partial charge is 0.458 e. The maximum Gasteiger partial charge on any atom is 0.458 e. The molecule has 21 heavy (non-hydrogen) atoms. The van der Waals surface area contributed by atoms with Gasteiger partial charge in [-0.1, -0.05) is 50.6 Å². The summed E-state index contributed by atoms with van der Waals surface area (Å²) in [6.07, 6.45) is 5.57. The Balaban J connectivity index is 1.95. The van der Waals surface area contributed by atoms with Gasteiger partial charge in [-0.25, -0.2) is 0 Å². The van der Waals surface area contributed by atoms with Crippen molar-refractivity contribution in [3.8, 4) is 5.75 Å². The zero-order valence-electron chi connectivity index (χ0n) is 12.6. The Labute approximate surface area is 127 Å². The molecule has 1 aliphatic heterocycles. The highest BCUT2D eigenvalue weighted by Gasteiger charge is 2.27. The number of unbranched alkanes of at least 4 members (excludes halogenated alkanes) is 1. The first kappa shape index (κ1) is 15.9. The number of hydrogen-bond acceptors (Lipinski definition) is 3. The molecule has 2 rings (SSSR count). The molecule has 1 aliphatic rings. The van der Waals surface area contributed by atoms with Crippen molar-refractivity contribution < 1.29 is 14.4 Å². The molecule has 0 spiro atoms. The summed E-state index contributed by atoms with van der Waals surface area (Å²) in [6, 6.07) is 9.71. The van der Waals surface area contributed by atoms with Crippen molar-refractivity contribution in [1.82, 2.24) is 0 Å². The van der Waals surface area contributed by atoms with E-state index < -0.39 is 7.12 Å². The first-order valence-corrected chi connectivity index (χ1v) is 7.60. The first-order valence-electron chi connectivity index (χ1n) is 7.60. The van der Waals surface area contributed by atoms with E-state index in [0.29, 0.717) is 12.9 Å². The molecule has 1 heterocycles. The van der Waals surface area contributed by atoms with E-state index in [-0.39, 0.29) is 6.10 Å². The van der Waals surface area contributed by atoms with E-state index in [9.17, 15) is 5.02 Å². The zero-order chi connectivity index (χ0) is 15.1. The van der Waals surface area contributed by atoms with Crippen molar-refractivity contribution >= 4 is 7.12 Å². The molecule has 112 valence electrons. The van der Waals surface area contributed by atoms with Crippen LogP contribution in [0.2, 0.25) is 6.32 Å². The fraction of sp³-hybridized carbons (Fsp3) is 0.412. The van der Waals surface area contributed by atoms with E-state index in [1.807, 2.05) is 36.4 Å². The minimum atomic E-state index is -0.696. The molecular weight excluding hydrogens is 263 g/mol. The molecule has 1 aromatic carbocycles. The average Bonchev–Trinajstić information content (AvgIpc) is 2.51. The topological polar surface area (TPSA) is 38.7 Å². The summed E-state index contributed by atoms with van der Waals surface area (Å²) in [5.41, 5.74) is 2.00. The molecule has 0 aliphatic carbocycles. The minimum Gasteiger partial charge on any atom is -0.489 e. The first-order chi connectivity index (χ1) is 10.2. The highest BCUT2D eigenvalue weighted by Crippen LogP contribution is 2.27. The van der Waals surface area contributed by atoms with Crippen LogP contribution in [-0.4, -0.2) is 24.9 Å². The summed E-state index contributed by atoms with van der Waals surface area (Å²) < 4.78 is 11.4. The van der Waals surface area contributed by atoms with Gasteiger partial charge in [-0.15, -0.1) is 0 Å². The molecule has 1 N–H and O–H groups in total. The van der Waals surface area contributed by atoms with Gasteiger partial charge >= 0.3 is 7.12 Å². The maximum absolute atomic E-state index is 9.66. The Morgan fingerprint density at radius 2 is 2.19 bits per heavy atom. The van der Waals surface area contributed by atoms with Crippen LogP contribution in [0.3, 0.4) is 0 Å². The standard InChI is InChI=1S/C17H23BO3/c1-3-4-10-17-16(11-12-18(19)21-17)14(2)13-20-15-8-6-5-7-9-15/h5-9,11,17,19H,2-4,10,12-13H2,1H3. The second kappa shape index (κ2) is 8.06. The Hall–Kier alpha value is -1.52. The molecule has 0 aromatic heterocycles. The van der Waals surface area contributed by atoms with E-state index in [2.05, 4.69) is 13.5 Å². The van der Waals surface area contributed by atoms with Gasteiger partial charge in [0.2, 0.25) is 0 Å². The Morgan fingerprint density at radius 1 is 1.43 bits per heavy atom. The largest absolute Gasteiger partial charge is 0.489 e. The van der Waals surface area contributed by atoms with E-state index in [1.165, 1.54) is 0 Å². The molecule has 3 nitrogen and oxygen atoms in total. The van der Waals surface area contributed by atoms with Crippen LogP contribution in [0, 0.1) is 0 Å². The Morgan fingerprint density at radius 3 is 2.90 bits per heavy atom. The number of allylic oxidation sites excluding steroid dienone is 1. The molecule has 1 aromatic rings. The molecule has 0 saturated heterocycles. The molecular formula is C17H23BO3. The second-order valence-corrected chi connectivity index (χ2v) is 5.32. The monoisotopic (exact) mass is 286 g/mol. The van der Waals surface area contributed by atoms with E-state index in [4.69, 9.17) is 9.39 Å². The van der Waals surface area contributed by atoms with Gasteiger partial charge < -0.3 is 14.4 Å². The van der Waals surface area contributed by atoms with Crippen molar-refractivity contribution in [2.24, 2.45) is 0 Å². The predicted molar refractivity (Wildman–Crippen MR) is 86.3 cm³/mol. The molecule has 0 bridgehead atoms. The van der Waals surface area contributed by atoms with Crippen molar-refractivity contribution in [3.05, 3.63) is 54.1 Å². The lowest BCUT2D eigenvalue weighted by Crippen LogP contribution is -2.32. The predicted octanol–water partition coefficient (Wildman–Crippen LogP) is 3.62. The summed E-state index contributed by atoms with van der Waals surface area (Å²) in [4.78, 5) is 0. The Kier molecular flexibility index (Phi) is 6.09. The zero-order valence-corrected chi connectivity index (χ0v) is 12.6. The van der Waals surface area contributed by atoms with Gasteiger partial charge in [0.15, 0.2) is 0 Å². The van der Waals surface area contributed by atoms with Crippen LogP contribution in [0.15, 0.2) is 54.1 Å². The number of benzene rings is 1. The third kappa shape index (κ3) is 4.76. The van der Waals surface area contributed by atoms with Crippen molar-refractivity contribution in [1.29, 1.82) is 0 Å². The normalized spacial score (nSPS) is 18.3. The van der Waals surface area contributed by atoms with E-state index >= 15 is 0 Å². The highest BCUT2D eigenvalue weighted by molar-refractivity contribution is 6.43. The quantitative estimate of drug-likeness (QED) is 0.778. The molecule has 4 heteroatoms. The molecule has 0 amide bonds. The molecule has 1 atom stereocenters. The third-order valence-corrected chi connectivity index (χ3v) is 3.59. The number of para-hydroxylation sites is 1. The van der Waals surface area contributed by atoms with Crippen molar-refractivity contribution in [2.45, 2.75) is 38.6 Å². The van der Waals surface area contributed by atoms with Crippen molar-refractivity contribution in [2.75, 3.05) is 6.61 Å². The molecule has 1 unspecified atom stereocenters. The highest BCUT2D eigenvalue weighted by atomic mass is 16.5. The van der Waals surface area contributed by atoms with Gasteiger partial charge in [0.05, 0.1) is 6.10 Å². The van der Waals surface area contributed by atoms with Crippen LogP contribution in [-0.2, 0) is 4.65 Å². The summed E-state index contributed by atoms with van der Waals surface area (Å²) >= 11 is 0. The van der Waals surface area contributed by atoms with Gasteiger partial charge in [-0.3, -0.25) is 0 Å². The van der Waals surface area contributed by atoms with Crippen LogP contribution < -0.4 is 4.74 Å². The fourth-order valence-corrected chi connectivity index (χ4v) is 2.43. The van der Waals surface area contributed by atoms with E-state index in [1.54, 1.807) is 0 Å². The summed E-state index contributed by atoms with van der Waals surface area (Å²) in [6.45, 7) is 6.71. The lowest BCUT2D eigenvalue weighted by atomic mass is 9.78. The summed E-state index contributed by atoms with van der Waals surface area (Å²) in [7, 11) is -0.696. The number of rotatable bonds is 7. The van der Waals surface area contributed by atoms with Crippen LogP contribution in [0.1, 0.15) is 26.2 Å². The maximum atomic E-state index is 9.66. The van der Waals surface area contributed by atoms with Crippen LogP contribution in [0.5, 0.6) is 5.75 Å². The fourth-order valence-electron chi connectivity index (χ4n) is 2.43. The summed E-state index contributed by atoms with van der Waals surface area (Å²) in [5.74, 6) is 0.834. The van der Waals surface area contributed by atoms with Gasteiger partial charge in [-0.2, -0.15) is 0 Å². The second-order valence-electron chi connectivity index (χ2n) is 5.32. The van der Waals surface area contributed by atoms with Crippen LogP contribution >= 0.6 is 0 Å². The van der Waals surface area contributed by atoms with Gasteiger partial charge in [0, 0.05) is 6.32 Å². The van der Waals surface area contributed by atoms with Crippen molar-refractivity contribution in [3.63, 3.8) is 0 Å². The molecule has 0 radical (unpaired) electrons. The SMILES string of the molecule is C=C(COc1ccccc1)C1=CCB(O)OC1CCCC. The van der Waals surface area contributed by atoms with Crippen LogP contribution in [0.25, 0.3) is 0 Å². The average molecular weight is 286 g/mol. The van der Waals surface area contributed by atoms with Gasteiger partial charge in [0.1, 0.15) is 12.4 Å². The lowest BCUT2D eigenvalue weighted by molar-refractivity contribution is 0.178. The molecule has 0 saturated carbocycles. The van der Waals surface area contributed by atoms with Gasteiger partial charge in [-0.05, 0) is 29.7 Å². The summed E-state index contributed by atoms with van der Waals surface area (Å²) in [5, 5.41) is 9.66. The Bertz CT molecular complexity index is 484. The third-order valence-electron chi connectivity index (χ3n) is 3.59. The van der Waals surface area contributed by atoms with E-state index in [0.717, 1.165) is 36.2 Å². The van der Waals surface area contributed by atoms with Crippen LogP contribution in [0.4, 0.5) is 0 Å². The minimum absolute atomic E-state index is 0.0689. The van der Waals surface area contributed by atoms with Gasteiger partial charge in [0.25, 0.3) is 0 Å².